The summed E-state index contributed by atoms with van der Waals surface area (Å²) >= 11 is 0. The minimum atomic E-state index is -3.32. The molecule has 2 aromatic rings. The van der Waals surface area contributed by atoms with Crippen molar-refractivity contribution in [2.24, 2.45) is 0 Å². The summed E-state index contributed by atoms with van der Waals surface area (Å²) in [7, 11) is -3.32. The number of benzene rings is 2. The van der Waals surface area contributed by atoms with Crippen molar-refractivity contribution in [3.05, 3.63) is 65.7 Å². The normalized spacial score (nSPS) is 15.8. The predicted molar refractivity (Wildman–Crippen MR) is 109 cm³/mol. The first-order valence-electron chi connectivity index (χ1n) is 9.66. The molecule has 5 nitrogen and oxygen atoms in total. The number of rotatable bonds is 6. The Kier molecular flexibility index (Phi) is 6.52. The van der Waals surface area contributed by atoms with Gasteiger partial charge in [0.15, 0.2) is 9.84 Å². The molecular formula is C22H27NO4S. The number of hydrogen-bond donors (Lipinski definition) is 0. The highest BCUT2D eigenvalue weighted by Crippen LogP contribution is 2.20. The molecule has 150 valence electrons. The van der Waals surface area contributed by atoms with Crippen LogP contribution in [0.3, 0.4) is 0 Å². The molecular weight excluding hydrogens is 374 g/mol. The summed E-state index contributed by atoms with van der Waals surface area (Å²) in [6, 6.07) is 16.3. The standard InChI is InChI=1S/C22H27NO4S/c1-17(2)28(25,26)21-10-8-19(9-11-21)22(24)23-14-12-20(13-15-23)27-16-18-6-4-3-5-7-18/h3-11,17,20H,12-16H2,1-2H3. The molecule has 6 heteroatoms. The van der Waals surface area contributed by atoms with Gasteiger partial charge in [0.2, 0.25) is 0 Å². The van der Waals surface area contributed by atoms with Crippen LogP contribution < -0.4 is 0 Å². The number of likely N-dealkylation sites (tertiary alicyclic amines) is 1. The van der Waals surface area contributed by atoms with Crippen LogP contribution in [0, 0.1) is 0 Å². The van der Waals surface area contributed by atoms with Gasteiger partial charge in [0.05, 0.1) is 22.9 Å². The SMILES string of the molecule is CC(C)S(=O)(=O)c1ccc(C(=O)N2CCC(OCc3ccccc3)CC2)cc1. The third kappa shape index (κ3) is 4.80. The summed E-state index contributed by atoms with van der Waals surface area (Å²) in [6.07, 6.45) is 1.76. The van der Waals surface area contributed by atoms with Crippen molar-refractivity contribution < 1.29 is 17.9 Å². The molecule has 3 rings (SSSR count). The minimum absolute atomic E-state index is 0.0602. The first kappa shape index (κ1) is 20.6. The van der Waals surface area contributed by atoms with E-state index < -0.39 is 15.1 Å². The molecule has 0 saturated carbocycles. The topological polar surface area (TPSA) is 63.7 Å². The number of piperidine rings is 1. The van der Waals surface area contributed by atoms with E-state index in [1.807, 2.05) is 35.2 Å². The van der Waals surface area contributed by atoms with Gasteiger partial charge in [0, 0.05) is 18.7 Å². The Morgan fingerprint density at radius 2 is 1.64 bits per heavy atom. The van der Waals surface area contributed by atoms with Crippen molar-refractivity contribution in [3.8, 4) is 0 Å². The fourth-order valence-corrected chi connectivity index (χ4v) is 4.32. The Balaban J connectivity index is 1.53. The van der Waals surface area contributed by atoms with Crippen molar-refractivity contribution in [1.82, 2.24) is 4.90 Å². The van der Waals surface area contributed by atoms with E-state index in [-0.39, 0.29) is 16.9 Å². The van der Waals surface area contributed by atoms with Crippen LogP contribution in [0.5, 0.6) is 0 Å². The number of amides is 1. The Morgan fingerprint density at radius 3 is 2.21 bits per heavy atom. The quantitative estimate of drug-likeness (QED) is 0.741. The van der Waals surface area contributed by atoms with Crippen molar-refractivity contribution in [1.29, 1.82) is 0 Å². The van der Waals surface area contributed by atoms with Crippen molar-refractivity contribution in [2.75, 3.05) is 13.1 Å². The number of carbonyl (C=O) groups is 1. The third-order valence-electron chi connectivity index (χ3n) is 5.11. The molecule has 0 atom stereocenters. The van der Waals surface area contributed by atoms with Gasteiger partial charge < -0.3 is 9.64 Å². The summed E-state index contributed by atoms with van der Waals surface area (Å²) in [5, 5.41) is -0.482. The maximum absolute atomic E-state index is 12.7. The minimum Gasteiger partial charge on any atom is -0.373 e. The summed E-state index contributed by atoms with van der Waals surface area (Å²) in [6.45, 7) is 5.18. The van der Waals surface area contributed by atoms with E-state index in [0.717, 1.165) is 18.4 Å². The van der Waals surface area contributed by atoms with Gasteiger partial charge in [0.1, 0.15) is 0 Å². The zero-order valence-corrected chi connectivity index (χ0v) is 17.2. The molecule has 2 aromatic carbocycles. The molecule has 0 bridgehead atoms. The van der Waals surface area contributed by atoms with Gasteiger partial charge in [-0.05, 0) is 56.5 Å². The maximum atomic E-state index is 12.7. The summed E-state index contributed by atoms with van der Waals surface area (Å²) in [5.41, 5.74) is 1.67. The lowest BCUT2D eigenvalue weighted by Gasteiger charge is -2.32. The van der Waals surface area contributed by atoms with Gasteiger partial charge in [0.25, 0.3) is 5.91 Å². The van der Waals surface area contributed by atoms with Gasteiger partial charge >= 0.3 is 0 Å². The van der Waals surface area contributed by atoms with Gasteiger partial charge in [-0.15, -0.1) is 0 Å². The van der Waals surface area contributed by atoms with Crippen LogP contribution in [0.15, 0.2) is 59.5 Å². The summed E-state index contributed by atoms with van der Waals surface area (Å²) in [4.78, 5) is 14.8. The van der Waals surface area contributed by atoms with Crippen molar-refractivity contribution >= 4 is 15.7 Å². The number of nitrogens with zero attached hydrogens (tertiary/aromatic N) is 1. The average Bonchev–Trinajstić information content (AvgIpc) is 2.73. The van der Waals surface area contributed by atoms with Crippen LogP contribution in [0.1, 0.15) is 42.6 Å². The highest BCUT2D eigenvalue weighted by molar-refractivity contribution is 7.92. The third-order valence-corrected chi connectivity index (χ3v) is 7.28. The van der Waals surface area contributed by atoms with Gasteiger partial charge in [-0.3, -0.25) is 4.79 Å². The Bertz CT molecular complexity index is 884. The molecule has 0 N–H and O–H groups in total. The van der Waals surface area contributed by atoms with Gasteiger partial charge in [-0.1, -0.05) is 30.3 Å². The van der Waals surface area contributed by atoms with E-state index in [4.69, 9.17) is 4.74 Å². The van der Waals surface area contributed by atoms with Crippen LogP contribution in [0.25, 0.3) is 0 Å². The second kappa shape index (κ2) is 8.88. The summed E-state index contributed by atoms with van der Waals surface area (Å²) < 4.78 is 30.4. The van der Waals surface area contributed by atoms with Crippen molar-refractivity contribution in [3.63, 3.8) is 0 Å². The predicted octanol–water partition coefficient (Wildman–Crippen LogP) is 3.69. The van der Waals surface area contributed by atoms with Crippen LogP contribution in [-0.4, -0.2) is 43.7 Å². The van der Waals surface area contributed by atoms with Crippen LogP contribution >= 0.6 is 0 Å². The molecule has 0 spiro atoms. The van der Waals surface area contributed by atoms with E-state index in [2.05, 4.69) is 0 Å². The van der Waals surface area contributed by atoms with E-state index in [9.17, 15) is 13.2 Å². The molecule has 1 saturated heterocycles. The first-order chi connectivity index (χ1) is 13.4. The van der Waals surface area contributed by atoms with Crippen molar-refractivity contribution in [2.45, 2.75) is 49.5 Å². The van der Waals surface area contributed by atoms with Crippen LogP contribution in [0.4, 0.5) is 0 Å². The van der Waals surface area contributed by atoms with Gasteiger partial charge in [-0.2, -0.15) is 0 Å². The Labute approximate surface area is 167 Å². The number of hydrogen-bond acceptors (Lipinski definition) is 4. The van der Waals surface area contributed by atoms with E-state index >= 15 is 0 Å². The highest BCUT2D eigenvalue weighted by atomic mass is 32.2. The second-order valence-corrected chi connectivity index (χ2v) is 9.91. The molecule has 0 unspecified atom stereocenters. The summed E-state index contributed by atoms with van der Waals surface area (Å²) in [5.74, 6) is -0.0602. The largest absolute Gasteiger partial charge is 0.373 e. The molecule has 0 aromatic heterocycles. The zero-order chi connectivity index (χ0) is 20.1. The second-order valence-electron chi connectivity index (χ2n) is 7.41. The molecule has 0 radical (unpaired) electrons. The molecule has 0 aliphatic carbocycles. The lowest BCUT2D eigenvalue weighted by atomic mass is 10.1. The molecule has 1 heterocycles. The zero-order valence-electron chi connectivity index (χ0n) is 16.4. The number of carbonyl (C=O) groups excluding carboxylic acids is 1. The lowest BCUT2D eigenvalue weighted by Crippen LogP contribution is -2.40. The Hall–Kier alpha value is -2.18. The average molecular weight is 402 g/mol. The van der Waals surface area contributed by atoms with E-state index in [1.54, 1.807) is 26.0 Å². The molecule has 28 heavy (non-hydrogen) atoms. The number of sulfone groups is 1. The lowest BCUT2D eigenvalue weighted by molar-refractivity contribution is -0.000382. The number of ether oxygens (including phenoxy) is 1. The monoisotopic (exact) mass is 401 g/mol. The fraction of sp³-hybridized carbons (Fsp3) is 0.409. The van der Waals surface area contributed by atoms with E-state index in [0.29, 0.717) is 25.3 Å². The highest BCUT2D eigenvalue weighted by Gasteiger charge is 2.25. The molecule has 1 fully saturated rings. The van der Waals surface area contributed by atoms with Crippen LogP contribution in [0.2, 0.25) is 0 Å². The first-order valence-corrected chi connectivity index (χ1v) is 11.2. The molecule has 1 aliphatic heterocycles. The smallest absolute Gasteiger partial charge is 0.253 e. The molecule has 1 aliphatic rings. The maximum Gasteiger partial charge on any atom is 0.253 e. The fourth-order valence-electron chi connectivity index (χ4n) is 3.26. The van der Waals surface area contributed by atoms with E-state index in [1.165, 1.54) is 12.1 Å². The Morgan fingerprint density at radius 1 is 1.04 bits per heavy atom. The van der Waals surface area contributed by atoms with Crippen LogP contribution in [-0.2, 0) is 21.2 Å². The van der Waals surface area contributed by atoms with Gasteiger partial charge in [-0.25, -0.2) is 8.42 Å². The molecule has 1 amide bonds.